The van der Waals surface area contributed by atoms with Crippen LogP contribution in [-0.2, 0) is 4.79 Å². The van der Waals surface area contributed by atoms with E-state index >= 15 is 0 Å². The molecule has 19 heavy (non-hydrogen) atoms. The maximum Gasteiger partial charge on any atom is 0.225 e. The average Bonchev–Trinajstić information content (AvgIpc) is 2.48. The lowest BCUT2D eigenvalue weighted by atomic mass is 9.79. The van der Waals surface area contributed by atoms with Crippen LogP contribution in [0.15, 0.2) is 0 Å². The number of rotatable bonds is 4. The molecule has 1 amide bonds. The molecule has 110 valence electrons. The topological polar surface area (TPSA) is 46.3 Å². The third-order valence-electron chi connectivity index (χ3n) is 5.24. The van der Waals surface area contributed by atoms with Gasteiger partial charge in [0.15, 0.2) is 0 Å². The summed E-state index contributed by atoms with van der Waals surface area (Å²) < 4.78 is 0. The van der Waals surface area contributed by atoms with Gasteiger partial charge in [-0.25, -0.2) is 0 Å². The molecule has 2 saturated carbocycles. The Labute approximate surface area is 117 Å². The normalized spacial score (nSPS) is 29.2. The number of amides is 1. The SMILES string of the molecule is CN(C(=O)C1CCC(CCN)CC1)C1CCCCC1. The summed E-state index contributed by atoms with van der Waals surface area (Å²) in [5.74, 6) is 1.48. The second kappa shape index (κ2) is 7.28. The van der Waals surface area contributed by atoms with Gasteiger partial charge in [0, 0.05) is 19.0 Å². The Balaban J connectivity index is 1.79. The van der Waals surface area contributed by atoms with Crippen molar-refractivity contribution in [2.75, 3.05) is 13.6 Å². The van der Waals surface area contributed by atoms with Crippen molar-refractivity contribution >= 4 is 5.91 Å². The third-order valence-corrected chi connectivity index (χ3v) is 5.24. The van der Waals surface area contributed by atoms with Crippen molar-refractivity contribution in [3.63, 3.8) is 0 Å². The molecule has 0 aromatic carbocycles. The van der Waals surface area contributed by atoms with Crippen molar-refractivity contribution in [2.45, 2.75) is 70.3 Å². The maximum absolute atomic E-state index is 12.6. The van der Waals surface area contributed by atoms with Crippen LogP contribution in [0.1, 0.15) is 64.2 Å². The van der Waals surface area contributed by atoms with Crippen LogP contribution in [-0.4, -0.2) is 30.4 Å². The minimum absolute atomic E-state index is 0.293. The van der Waals surface area contributed by atoms with Crippen molar-refractivity contribution in [3.8, 4) is 0 Å². The van der Waals surface area contributed by atoms with E-state index in [0.717, 1.165) is 31.7 Å². The molecule has 0 aliphatic heterocycles. The average molecular weight is 266 g/mol. The lowest BCUT2D eigenvalue weighted by molar-refractivity contribution is -0.138. The van der Waals surface area contributed by atoms with Crippen molar-refractivity contribution in [2.24, 2.45) is 17.6 Å². The van der Waals surface area contributed by atoms with Crippen molar-refractivity contribution in [3.05, 3.63) is 0 Å². The second-order valence-corrected chi connectivity index (χ2v) is 6.54. The highest BCUT2D eigenvalue weighted by Crippen LogP contribution is 2.32. The van der Waals surface area contributed by atoms with Gasteiger partial charge in [-0.1, -0.05) is 19.3 Å². The van der Waals surface area contributed by atoms with Gasteiger partial charge in [0.2, 0.25) is 5.91 Å². The second-order valence-electron chi connectivity index (χ2n) is 6.54. The Morgan fingerprint density at radius 2 is 1.68 bits per heavy atom. The summed E-state index contributed by atoms with van der Waals surface area (Å²) in [6.07, 6.45) is 12.1. The van der Waals surface area contributed by atoms with Crippen LogP contribution in [0.3, 0.4) is 0 Å². The molecule has 2 aliphatic carbocycles. The van der Waals surface area contributed by atoms with Crippen LogP contribution >= 0.6 is 0 Å². The van der Waals surface area contributed by atoms with Crippen LogP contribution < -0.4 is 5.73 Å². The van der Waals surface area contributed by atoms with Crippen LogP contribution in [0, 0.1) is 11.8 Å². The van der Waals surface area contributed by atoms with E-state index in [0.29, 0.717) is 17.9 Å². The summed E-state index contributed by atoms with van der Waals surface area (Å²) in [6.45, 7) is 0.797. The monoisotopic (exact) mass is 266 g/mol. The molecule has 0 bridgehead atoms. The molecule has 0 spiro atoms. The van der Waals surface area contributed by atoms with E-state index < -0.39 is 0 Å². The van der Waals surface area contributed by atoms with E-state index in [-0.39, 0.29) is 0 Å². The van der Waals surface area contributed by atoms with Crippen LogP contribution in [0.2, 0.25) is 0 Å². The summed E-state index contributed by atoms with van der Waals surface area (Å²) in [7, 11) is 2.03. The molecule has 2 rings (SSSR count). The largest absolute Gasteiger partial charge is 0.343 e. The molecule has 0 aromatic heterocycles. The fourth-order valence-corrected chi connectivity index (χ4v) is 3.87. The number of nitrogens with two attached hydrogens (primary N) is 1. The first kappa shape index (κ1) is 14.8. The van der Waals surface area contributed by atoms with E-state index in [1.54, 1.807) is 0 Å². The highest BCUT2D eigenvalue weighted by molar-refractivity contribution is 5.79. The minimum atomic E-state index is 0.293. The van der Waals surface area contributed by atoms with Gasteiger partial charge >= 0.3 is 0 Å². The van der Waals surface area contributed by atoms with E-state index in [4.69, 9.17) is 5.73 Å². The Bertz CT molecular complexity index is 278. The van der Waals surface area contributed by atoms with Gasteiger partial charge in [-0.05, 0) is 57.4 Å². The third kappa shape index (κ3) is 3.95. The predicted octanol–water partition coefficient (Wildman–Crippen LogP) is 2.93. The molecule has 0 unspecified atom stereocenters. The number of hydrogen-bond donors (Lipinski definition) is 1. The smallest absolute Gasteiger partial charge is 0.225 e. The molecule has 3 heteroatoms. The Hall–Kier alpha value is -0.570. The predicted molar refractivity (Wildman–Crippen MR) is 78.8 cm³/mol. The summed E-state index contributed by atoms with van der Waals surface area (Å²) in [4.78, 5) is 14.6. The van der Waals surface area contributed by atoms with Crippen molar-refractivity contribution in [1.82, 2.24) is 4.90 Å². The van der Waals surface area contributed by atoms with Gasteiger partial charge in [-0.2, -0.15) is 0 Å². The molecule has 0 atom stereocenters. The van der Waals surface area contributed by atoms with Crippen molar-refractivity contribution < 1.29 is 4.79 Å². The molecule has 0 aromatic rings. The Morgan fingerprint density at radius 1 is 1.05 bits per heavy atom. The zero-order valence-electron chi connectivity index (χ0n) is 12.4. The first-order valence-electron chi connectivity index (χ1n) is 8.19. The van der Waals surface area contributed by atoms with Gasteiger partial charge in [0.25, 0.3) is 0 Å². The first-order chi connectivity index (χ1) is 9.22. The van der Waals surface area contributed by atoms with Crippen LogP contribution in [0.25, 0.3) is 0 Å². The standard InChI is InChI=1S/C16H30N2O/c1-18(15-5-3-2-4-6-15)16(19)14-9-7-13(8-10-14)11-12-17/h13-15H,2-12,17H2,1H3. The molecular weight excluding hydrogens is 236 g/mol. The fraction of sp³-hybridized carbons (Fsp3) is 0.938. The first-order valence-corrected chi connectivity index (χ1v) is 8.19. The highest BCUT2D eigenvalue weighted by Gasteiger charge is 2.30. The molecule has 3 nitrogen and oxygen atoms in total. The molecule has 0 heterocycles. The zero-order chi connectivity index (χ0) is 13.7. The van der Waals surface area contributed by atoms with Gasteiger partial charge in [-0.3, -0.25) is 4.79 Å². The minimum Gasteiger partial charge on any atom is -0.343 e. The lowest BCUT2D eigenvalue weighted by Gasteiger charge is -2.36. The molecule has 2 N–H and O–H groups in total. The number of carbonyl (C=O) groups excluding carboxylic acids is 1. The summed E-state index contributed by atoms with van der Waals surface area (Å²) in [5.41, 5.74) is 5.62. The van der Waals surface area contributed by atoms with E-state index in [2.05, 4.69) is 4.90 Å². The van der Waals surface area contributed by atoms with Gasteiger partial charge in [-0.15, -0.1) is 0 Å². The molecule has 0 saturated heterocycles. The lowest BCUT2D eigenvalue weighted by Crippen LogP contribution is -2.42. The highest BCUT2D eigenvalue weighted by atomic mass is 16.2. The summed E-state index contributed by atoms with van der Waals surface area (Å²) in [5, 5.41) is 0. The fourth-order valence-electron chi connectivity index (χ4n) is 3.87. The van der Waals surface area contributed by atoms with Gasteiger partial charge < -0.3 is 10.6 Å². The summed E-state index contributed by atoms with van der Waals surface area (Å²) >= 11 is 0. The van der Waals surface area contributed by atoms with Crippen LogP contribution in [0.4, 0.5) is 0 Å². The summed E-state index contributed by atoms with van der Waals surface area (Å²) in [6, 6.07) is 0.517. The Morgan fingerprint density at radius 3 is 2.26 bits per heavy atom. The van der Waals surface area contributed by atoms with Crippen LogP contribution in [0.5, 0.6) is 0 Å². The van der Waals surface area contributed by atoms with E-state index in [1.165, 1.54) is 44.9 Å². The maximum atomic E-state index is 12.6. The number of hydrogen-bond acceptors (Lipinski definition) is 2. The molecule has 0 radical (unpaired) electrons. The molecule has 2 aliphatic rings. The zero-order valence-corrected chi connectivity index (χ0v) is 12.4. The molecule has 2 fully saturated rings. The van der Waals surface area contributed by atoms with Crippen molar-refractivity contribution in [1.29, 1.82) is 0 Å². The Kier molecular flexibility index (Phi) is 5.68. The van der Waals surface area contributed by atoms with Gasteiger partial charge in [0.1, 0.15) is 0 Å². The number of nitrogens with zero attached hydrogens (tertiary/aromatic N) is 1. The van der Waals surface area contributed by atoms with E-state index in [9.17, 15) is 4.79 Å². The quantitative estimate of drug-likeness (QED) is 0.850. The van der Waals surface area contributed by atoms with Gasteiger partial charge in [0.05, 0.1) is 0 Å². The molecular formula is C16H30N2O. The van der Waals surface area contributed by atoms with E-state index in [1.807, 2.05) is 7.05 Å². The number of carbonyl (C=O) groups is 1.